The minimum absolute atomic E-state index is 0.0173. The molecule has 1 atom stereocenters. The van der Waals surface area contributed by atoms with E-state index >= 15 is 0 Å². The van der Waals surface area contributed by atoms with Gasteiger partial charge in [-0.25, -0.2) is 0 Å². The van der Waals surface area contributed by atoms with Crippen molar-refractivity contribution in [2.75, 3.05) is 13.1 Å². The Morgan fingerprint density at radius 2 is 1.75 bits per heavy atom. The van der Waals surface area contributed by atoms with Gasteiger partial charge in [0, 0.05) is 13.1 Å². The van der Waals surface area contributed by atoms with E-state index in [0.29, 0.717) is 25.9 Å². The van der Waals surface area contributed by atoms with Gasteiger partial charge in [0.15, 0.2) is 0 Å². The number of nitrogens with zero attached hydrogens (tertiary/aromatic N) is 4. The second kappa shape index (κ2) is 6.02. The molecule has 1 fully saturated rings. The number of likely N-dealkylation sites (tertiary alicyclic amines) is 1. The predicted octanol–water partition coefficient (Wildman–Crippen LogP) is 0.798. The molecule has 1 unspecified atom stereocenters. The lowest BCUT2D eigenvalue weighted by Gasteiger charge is -2.34. The van der Waals surface area contributed by atoms with Gasteiger partial charge in [-0.15, -0.1) is 10.2 Å². The maximum absolute atomic E-state index is 12.6. The minimum atomic E-state index is -0.767. The van der Waals surface area contributed by atoms with Crippen LogP contribution in [-0.2, 0) is 9.59 Å². The molecule has 7 heteroatoms. The molecule has 1 saturated heterocycles. The molecule has 1 N–H and O–H groups in total. The SMILES string of the molecule is CC(C)C(C(=O)N1CCC(C(=O)O)CC1)n1cnnc1. The van der Waals surface area contributed by atoms with E-state index in [1.54, 1.807) is 22.1 Å². The summed E-state index contributed by atoms with van der Waals surface area (Å²) in [6.07, 6.45) is 4.14. The van der Waals surface area contributed by atoms with Crippen molar-refractivity contribution in [2.24, 2.45) is 11.8 Å². The normalized spacial score (nSPS) is 18.2. The molecule has 2 rings (SSSR count). The second-order valence-electron chi connectivity index (χ2n) is 5.54. The molecule has 1 aliphatic rings. The van der Waals surface area contributed by atoms with E-state index in [0.717, 1.165) is 0 Å². The van der Waals surface area contributed by atoms with Crippen LogP contribution in [0, 0.1) is 11.8 Å². The van der Waals surface area contributed by atoms with Crippen LogP contribution in [0.1, 0.15) is 32.7 Å². The zero-order chi connectivity index (χ0) is 14.7. The van der Waals surface area contributed by atoms with E-state index in [2.05, 4.69) is 10.2 Å². The van der Waals surface area contributed by atoms with Gasteiger partial charge in [0.1, 0.15) is 18.7 Å². The van der Waals surface area contributed by atoms with Gasteiger partial charge in [-0.3, -0.25) is 9.59 Å². The summed E-state index contributed by atoms with van der Waals surface area (Å²) in [6.45, 7) is 4.96. The molecule has 1 amide bonds. The molecule has 0 aromatic carbocycles. The molecule has 1 aromatic rings. The van der Waals surface area contributed by atoms with Gasteiger partial charge in [0.25, 0.3) is 0 Å². The van der Waals surface area contributed by atoms with Gasteiger partial charge in [0.05, 0.1) is 5.92 Å². The van der Waals surface area contributed by atoms with Crippen LogP contribution >= 0.6 is 0 Å². The van der Waals surface area contributed by atoms with Crippen LogP contribution in [0.2, 0.25) is 0 Å². The standard InChI is InChI=1S/C13H20N4O3/c1-9(2)11(17-7-14-15-8-17)12(18)16-5-3-10(4-6-16)13(19)20/h7-11H,3-6H2,1-2H3,(H,19,20). The number of piperidine rings is 1. The number of aromatic nitrogens is 3. The van der Waals surface area contributed by atoms with Crippen LogP contribution in [0.3, 0.4) is 0 Å². The molecule has 0 spiro atoms. The number of hydrogen-bond acceptors (Lipinski definition) is 4. The smallest absolute Gasteiger partial charge is 0.306 e. The van der Waals surface area contributed by atoms with E-state index in [1.807, 2.05) is 13.8 Å². The molecule has 20 heavy (non-hydrogen) atoms. The average Bonchev–Trinajstić information content (AvgIpc) is 2.92. The number of carboxylic acid groups (broad SMARTS) is 1. The molecular formula is C13H20N4O3. The third kappa shape index (κ3) is 2.97. The van der Waals surface area contributed by atoms with E-state index in [1.165, 1.54) is 0 Å². The Bertz CT molecular complexity index is 464. The first-order valence-electron chi connectivity index (χ1n) is 6.86. The minimum Gasteiger partial charge on any atom is -0.481 e. The number of carbonyl (C=O) groups excluding carboxylic acids is 1. The van der Waals surface area contributed by atoms with Crippen LogP contribution in [0.25, 0.3) is 0 Å². The van der Waals surface area contributed by atoms with Crippen LogP contribution in [0.15, 0.2) is 12.7 Å². The molecule has 0 radical (unpaired) electrons. The highest BCUT2D eigenvalue weighted by Gasteiger charge is 2.32. The largest absolute Gasteiger partial charge is 0.481 e. The Morgan fingerprint density at radius 3 is 2.20 bits per heavy atom. The van der Waals surface area contributed by atoms with Gasteiger partial charge < -0.3 is 14.6 Å². The quantitative estimate of drug-likeness (QED) is 0.881. The highest BCUT2D eigenvalue weighted by molar-refractivity contribution is 5.81. The van der Waals surface area contributed by atoms with Crippen molar-refractivity contribution in [1.29, 1.82) is 0 Å². The Kier molecular flexibility index (Phi) is 4.36. The lowest BCUT2D eigenvalue weighted by Crippen LogP contribution is -2.44. The van der Waals surface area contributed by atoms with Crippen molar-refractivity contribution in [3.05, 3.63) is 12.7 Å². The van der Waals surface area contributed by atoms with Crippen molar-refractivity contribution in [2.45, 2.75) is 32.7 Å². The number of carboxylic acids is 1. The van der Waals surface area contributed by atoms with Crippen LogP contribution in [-0.4, -0.2) is 49.7 Å². The summed E-state index contributed by atoms with van der Waals surface area (Å²) in [6, 6.07) is -0.327. The van der Waals surface area contributed by atoms with Crippen molar-refractivity contribution in [1.82, 2.24) is 19.7 Å². The fraction of sp³-hybridized carbons (Fsp3) is 0.692. The van der Waals surface area contributed by atoms with Crippen LogP contribution in [0.5, 0.6) is 0 Å². The number of aliphatic carboxylic acids is 1. The zero-order valence-electron chi connectivity index (χ0n) is 11.8. The number of hydrogen-bond donors (Lipinski definition) is 1. The van der Waals surface area contributed by atoms with Crippen molar-refractivity contribution >= 4 is 11.9 Å². The molecule has 1 aromatic heterocycles. The van der Waals surface area contributed by atoms with E-state index < -0.39 is 5.97 Å². The third-order valence-electron chi connectivity index (χ3n) is 3.80. The number of rotatable bonds is 4. The van der Waals surface area contributed by atoms with Crippen molar-refractivity contribution < 1.29 is 14.7 Å². The topological polar surface area (TPSA) is 88.3 Å². The maximum atomic E-state index is 12.6. The third-order valence-corrected chi connectivity index (χ3v) is 3.80. The maximum Gasteiger partial charge on any atom is 0.306 e. The first-order valence-corrected chi connectivity index (χ1v) is 6.86. The van der Waals surface area contributed by atoms with Gasteiger partial charge in [-0.2, -0.15) is 0 Å². The van der Waals surface area contributed by atoms with Crippen molar-refractivity contribution in [3.8, 4) is 0 Å². The second-order valence-corrected chi connectivity index (χ2v) is 5.54. The van der Waals surface area contributed by atoms with Gasteiger partial charge in [-0.1, -0.05) is 13.8 Å². The summed E-state index contributed by atoms with van der Waals surface area (Å²) in [4.78, 5) is 25.3. The zero-order valence-corrected chi connectivity index (χ0v) is 11.8. The monoisotopic (exact) mass is 280 g/mol. The summed E-state index contributed by atoms with van der Waals surface area (Å²) < 4.78 is 1.72. The van der Waals surface area contributed by atoms with Gasteiger partial charge in [-0.05, 0) is 18.8 Å². The average molecular weight is 280 g/mol. The molecule has 0 aliphatic carbocycles. The molecule has 7 nitrogen and oxygen atoms in total. The summed E-state index contributed by atoms with van der Waals surface area (Å²) in [5.74, 6) is -0.956. The highest BCUT2D eigenvalue weighted by Crippen LogP contribution is 2.24. The number of amides is 1. The summed E-state index contributed by atoms with van der Waals surface area (Å²) in [5.41, 5.74) is 0. The molecular weight excluding hydrogens is 260 g/mol. The first-order chi connectivity index (χ1) is 9.50. The number of carbonyl (C=O) groups is 2. The summed E-state index contributed by atoms with van der Waals surface area (Å²) >= 11 is 0. The van der Waals surface area contributed by atoms with Crippen LogP contribution in [0.4, 0.5) is 0 Å². The predicted molar refractivity (Wildman–Crippen MR) is 70.8 cm³/mol. The first kappa shape index (κ1) is 14.5. The van der Waals surface area contributed by atoms with Gasteiger partial charge >= 0.3 is 5.97 Å². The molecule has 0 saturated carbocycles. The highest BCUT2D eigenvalue weighted by atomic mass is 16.4. The lowest BCUT2D eigenvalue weighted by atomic mass is 9.95. The Balaban J connectivity index is 2.05. The molecule has 110 valence electrons. The molecule has 1 aliphatic heterocycles. The van der Waals surface area contributed by atoms with Gasteiger partial charge in [0.2, 0.25) is 5.91 Å². The fourth-order valence-corrected chi connectivity index (χ4v) is 2.64. The Hall–Kier alpha value is -1.92. The Morgan fingerprint density at radius 1 is 1.20 bits per heavy atom. The van der Waals surface area contributed by atoms with E-state index in [-0.39, 0.29) is 23.8 Å². The van der Waals surface area contributed by atoms with E-state index in [4.69, 9.17) is 5.11 Å². The summed E-state index contributed by atoms with van der Waals surface area (Å²) in [7, 11) is 0. The Labute approximate surface area is 117 Å². The molecule has 2 heterocycles. The van der Waals surface area contributed by atoms with E-state index in [9.17, 15) is 9.59 Å². The van der Waals surface area contributed by atoms with Crippen LogP contribution < -0.4 is 0 Å². The van der Waals surface area contributed by atoms with Crippen molar-refractivity contribution in [3.63, 3.8) is 0 Å². The lowest BCUT2D eigenvalue weighted by molar-refractivity contribution is -0.147. The molecule has 0 bridgehead atoms. The fourth-order valence-electron chi connectivity index (χ4n) is 2.64. The summed E-state index contributed by atoms with van der Waals surface area (Å²) in [5, 5.41) is 16.5.